The minimum Gasteiger partial charge on any atom is -0.444 e. The van der Waals surface area contributed by atoms with E-state index in [4.69, 9.17) is 4.74 Å². The lowest BCUT2D eigenvalue weighted by Gasteiger charge is -2.48. The zero-order valence-electron chi connectivity index (χ0n) is 19.5. The van der Waals surface area contributed by atoms with E-state index in [1.807, 2.05) is 25.7 Å². The molecule has 0 aromatic heterocycles. The second-order valence-electron chi connectivity index (χ2n) is 10.4. The van der Waals surface area contributed by atoms with Crippen molar-refractivity contribution in [3.05, 3.63) is 71.8 Å². The van der Waals surface area contributed by atoms with Crippen molar-refractivity contribution in [2.75, 3.05) is 6.54 Å². The number of nitrogens with zero attached hydrogens (tertiary/aromatic N) is 2. The third kappa shape index (κ3) is 4.64. The lowest BCUT2D eigenvalue weighted by Crippen LogP contribution is -2.60. The number of piperidine rings is 1. The maximum Gasteiger partial charge on any atom is 0.410 e. The smallest absolute Gasteiger partial charge is 0.410 e. The topological polar surface area (TPSA) is 29.5 Å². The zero-order valence-corrected chi connectivity index (χ0v) is 19.5. The molecule has 0 N–H and O–H groups in total. The fourth-order valence-corrected chi connectivity index (χ4v) is 5.80. The Morgan fingerprint density at radius 3 is 2.06 bits per heavy atom. The first-order valence-electron chi connectivity index (χ1n) is 11.7. The molecule has 4 nitrogen and oxygen atoms in total. The van der Waals surface area contributed by atoms with Crippen molar-refractivity contribution >= 4 is 6.09 Å². The first-order chi connectivity index (χ1) is 14.8. The molecular weight excluding hydrogens is 384 g/mol. The van der Waals surface area contributed by atoms with Gasteiger partial charge in [-0.05, 0) is 34.1 Å². The maximum absolute atomic E-state index is 13.1. The van der Waals surface area contributed by atoms with E-state index in [0.29, 0.717) is 12.1 Å². The Bertz CT molecular complexity index is 834. The van der Waals surface area contributed by atoms with Gasteiger partial charge in [0.2, 0.25) is 0 Å². The van der Waals surface area contributed by atoms with Gasteiger partial charge in [-0.25, -0.2) is 4.79 Å². The maximum atomic E-state index is 13.1. The normalized spacial score (nSPS) is 25.2. The van der Waals surface area contributed by atoms with E-state index in [0.717, 1.165) is 43.4 Å². The predicted molar refractivity (Wildman–Crippen MR) is 124 cm³/mol. The molecule has 4 rings (SSSR count). The summed E-state index contributed by atoms with van der Waals surface area (Å²) < 4.78 is 6.82. The largest absolute Gasteiger partial charge is 0.444 e. The second-order valence-corrected chi connectivity index (χ2v) is 10.4. The third-order valence-corrected chi connectivity index (χ3v) is 7.13. The number of ether oxygens (including phenoxy) is 1. The lowest BCUT2D eigenvalue weighted by atomic mass is 9.95. The predicted octanol–water partition coefficient (Wildman–Crippen LogP) is 5.76. The number of amides is 1. The Morgan fingerprint density at radius 1 is 1.00 bits per heavy atom. The van der Waals surface area contributed by atoms with Crippen LogP contribution in [-0.2, 0) is 17.8 Å². The number of benzene rings is 2. The highest BCUT2D eigenvalue weighted by molar-refractivity contribution is 5.69. The standard InChI is InChI=1S/C27H37N2O2/c1-21-18-24-25(16-11-17-28(24)26(30)31-27(2,3)4)29(21,19-22-12-7-5-8-13-22)20-23-14-9-6-10-15-23/h5-10,12-15,21,24-25H,11,16-20H2,1-4H3/q+1/t21?,24-,25-/m0/s1. The van der Waals surface area contributed by atoms with Crippen molar-refractivity contribution in [1.82, 2.24) is 4.90 Å². The van der Waals surface area contributed by atoms with E-state index >= 15 is 0 Å². The zero-order chi connectivity index (χ0) is 22.1. The molecule has 4 heteroatoms. The highest BCUT2D eigenvalue weighted by Gasteiger charge is 2.57. The van der Waals surface area contributed by atoms with Gasteiger partial charge in [0.05, 0.1) is 12.1 Å². The molecule has 0 saturated carbocycles. The Hall–Kier alpha value is -2.33. The first kappa shape index (κ1) is 21.9. The molecular formula is C27H37N2O2+. The molecule has 2 aromatic rings. The molecule has 2 aromatic carbocycles. The van der Waals surface area contributed by atoms with Crippen LogP contribution in [0.25, 0.3) is 0 Å². The molecule has 166 valence electrons. The van der Waals surface area contributed by atoms with E-state index < -0.39 is 5.60 Å². The van der Waals surface area contributed by atoms with Gasteiger partial charge in [-0.3, -0.25) is 4.90 Å². The van der Waals surface area contributed by atoms with Gasteiger partial charge < -0.3 is 9.22 Å². The van der Waals surface area contributed by atoms with Crippen LogP contribution in [-0.4, -0.2) is 45.7 Å². The minimum absolute atomic E-state index is 0.145. The fourth-order valence-electron chi connectivity index (χ4n) is 5.80. The van der Waals surface area contributed by atoms with Gasteiger partial charge in [0, 0.05) is 30.5 Å². The summed E-state index contributed by atoms with van der Waals surface area (Å²) in [6.45, 7) is 11.1. The SMILES string of the molecule is CC1C[C@H]2[C@H](CCCN2C(=O)OC(C)(C)C)[N+]1(Cc1ccccc1)Cc1ccccc1. The highest BCUT2D eigenvalue weighted by Crippen LogP contribution is 2.44. The van der Waals surface area contributed by atoms with Crippen LogP contribution in [0.5, 0.6) is 0 Å². The van der Waals surface area contributed by atoms with Crippen LogP contribution in [0.1, 0.15) is 58.1 Å². The summed E-state index contributed by atoms with van der Waals surface area (Å²) in [7, 11) is 0. The fraction of sp³-hybridized carbons (Fsp3) is 0.519. The van der Waals surface area contributed by atoms with Crippen LogP contribution < -0.4 is 0 Å². The molecule has 2 fully saturated rings. The number of likely N-dealkylation sites (tertiary alicyclic amines) is 2. The van der Waals surface area contributed by atoms with Gasteiger partial charge in [0.25, 0.3) is 0 Å². The number of carbonyl (C=O) groups excluding carboxylic acids is 1. The number of carbonyl (C=O) groups is 1. The van der Waals surface area contributed by atoms with Gasteiger partial charge >= 0.3 is 6.09 Å². The van der Waals surface area contributed by atoms with Crippen LogP contribution in [0.4, 0.5) is 4.79 Å². The van der Waals surface area contributed by atoms with Crippen molar-refractivity contribution in [2.45, 2.75) is 83.8 Å². The monoisotopic (exact) mass is 421 g/mol. The van der Waals surface area contributed by atoms with Crippen molar-refractivity contribution in [3.8, 4) is 0 Å². The molecule has 31 heavy (non-hydrogen) atoms. The number of rotatable bonds is 4. The van der Waals surface area contributed by atoms with Gasteiger partial charge in [-0.1, -0.05) is 60.7 Å². The van der Waals surface area contributed by atoms with E-state index in [2.05, 4.69) is 67.6 Å². The average Bonchev–Trinajstić information content (AvgIpc) is 2.99. The summed E-state index contributed by atoms with van der Waals surface area (Å²) in [6.07, 6.45) is 3.09. The van der Waals surface area contributed by atoms with E-state index in [1.54, 1.807) is 0 Å². The van der Waals surface area contributed by atoms with E-state index in [1.165, 1.54) is 11.1 Å². The van der Waals surface area contributed by atoms with Crippen LogP contribution in [0.2, 0.25) is 0 Å². The summed E-state index contributed by atoms with van der Waals surface area (Å²) in [5, 5.41) is 0. The molecule has 0 radical (unpaired) electrons. The molecule has 2 aliphatic heterocycles. The second kappa shape index (κ2) is 8.66. The molecule has 0 bridgehead atoms. The number of hydrogen-bond donors (Lipinski definition) is 0. The summed E-state index contributed by atoms with van der Waals surface area (Å²) in [5.41, 5.74) is 2.29. The highest BCUT2D eigenvalue weighted by atomic mass is 16.6. The number of quaternary nitrogens is 1. The van der Waals surface area contributed by atoms with Gasteiger partial charge in [-0.15, -0.1) is 0 Å². The van der Waals surface area contributed by atoms with Gasteiger partial charge in [0.15, 0.2) is 0 Å². The molecule has 0 aliphatic carbocycles. The van der Waals surface area contributed by atoms with Crippen LogP contribution in [0, 0.1) is 0 Å². The van der Waals surface area contributed by atoms with E-state index in [-0.39, 0.29) is 12.1 Å². The van der Waals surface area contributed by atoms with Gasteiger partial charge in [0.1, 0.15) is 24.7 Å². The van der Waals surface area contributed by atoms with Crippen molar-refractivity contribution in [2.24, 2.45) is 0 Å². The molecule has 2 heterocycles. The third-order valence-electron chi connectivity index (χ3n) is 7.13. The van der Waals surface area contributed by atoms with Crippen LogP contribution >= 0.6 is 0 Å². The molecule has 0 spiro atoms. The van der Waals surface area contributed by atoms with Crippen LogP contribution in [0.15, 0.2) is 60.7 Å². The van der Waals surface area contributed by atoms with Crippen LogP contribution in [0.3, 0.4) is 0 Å². The molecule has 2 saturated heterocycles. The lowest BCUT2D eigenvalue weighted by molar-refractivity contribution is -0.985. The average molecular weight is 422 g/mol. The Balaban J connectivity index is 1.68. The van der Waals surface area contributed by atoms with Crippen molar-refractivity contribution < 1.29 is 14.0 Å². The van der Waals surface area contributed by atoms with E-state index in [9.17, 15) is 4.79 Å². The first-order valence-corrected chi connectivity index (χ1v) is 11.7. The summed E-state index contributed by atoms with van der Waals surface area (Å²) >= 11 is 0. The summed E-state index contributed by atoms with van der Waals surface area (Å²) in [5.74, 6) is 0. The molecule has 1 amide bonds. The Morgan fingerprint density at radius 2 is 1.55 bits per heavy atom. The Labute approximate surface area is 187 Å². The molecule has 3 atom stereocenters. The summed E-state index contributed by atoms with van der Waals surface area (Å²) in [6, 6.07) is 22.9. The summed E-state index contributed by atoms with van der Waals surface area (Å²) in [4.78, 5) is 15.1. The van der Waals surface area contributed by atoms with Crippen molar-refractivity contribution in [1.29, 1.82) is 0 Å². The number of hydrogen-bond acceptors (Lipinski definition) is 2. The van der Waals surface area contributed by atoms with Crippen molar-refractivity contribution in [3.63, 3.8) is 0 Å². The van der Waals surface area contributed by atoms with Gasteiger partial charge in [-0.2, -0.15) is 0 Å². The Kier molecular flexibility index (Phi) is 6.11. The minimum atomic E-state index is -0.464. The molecule has 2 aliphatic rings. The quantitative estimate of drug-likeness (QED) is 0.587. The molecule has 1 unspecified atom stereocenters. The number of fused-ring (bicyclic) bond motifs is 1.